The first-order chi connectivity index (χ1) is 12.1. The fourth-order valence-corrected chi connectivity index (χ4v) is 3.16. The fourth-order valence-electron chi connectivity index (χ4n) is 3.16. The molecule has 1 fully saturated rings. The van der Waals surface area contributed by atoms with E-state index in [2.05, 4.69) is 12.2 Å². The molecule has 2 aromatic carbocycles. The highest BCUT2D eigenvalue weighted by Gasteiger charge is 2.22. The van der Waals surface area contributed by atoms with Gasteiger partial charge >= 0.3 is 0 Å². The minimum atomic E-state index is 0.0719. The molecule has 1 saturated heterocycles. The monoisotopic (exact) mass is 340 g/mol. The van der Waals surface area contributed by atoms with Crippen molar-refractivity contribution in [2.75, 3.05) is 33.9 Å². The first kappa shape index (κ1) is 17.3. The molecule has 1 N–H and O–H groups in total. The molecule has 0 radical (unpaired) electrons. The molecule has 1 atom stereocenters. The molecule has 1 aliphatic heterocycles. The van der Waals surface area contributed by atoms with Crippen LogP contribution in [0.2, 0.25) is 0 Å². The summed E-state index contributed by atoms with van der Waals surface area (Å²) in [5.74, 6) is 1.53. The van der Waals surface area contributed by atoms with Gasteiger partial charge in [0.2, 0.25) is 0 Å². The molecule has 0 saturated carbocycles. The molecule has 0 unspecified atom stereocenters. The van der Waals surface area contributed by atoms with Crippen LogP contribution in [0.4, 0.5) is 0 Å². The second-order valence-electron chi connectivity index (χ2n) is 6.25. The molecule has 132 valence electrons. The lowest BCUT2D eigenvalue weighted by atomic mass is 10.0. The van der Waals surface area contributed by atoms with E-state index in [0.29, 0.717) is 11.6 Å². The molecule has 5 heteroatoms. The van der Waals surface area contributed by atoms with Gasteiger partial charge in [-0.15, -0.1) is 0 Å². The molecule has 1 heterocycles. The molecule has 0 aliphatic carbocycles. The third kappa shape index (κ3) is 3.77. The summed E-state index contributed by atoms with van der Waals surface area (Å²) in [4.78, 5) is 14.7. The molecule has 2 aromatic rings. The first-order valence-corrected chi connectivity index (χ1v) is 8.47. The maximum absolute atomic E-state index is 12.8. The van der Waals surface area contributed by atoms with Gasteiger partial charge in [0.15, 0.2) is 0 Å². The fraction of sp³-hybridized carbons (Fsp3) is 0.350. The Morgan fingerprint density at radius 3 is 2.72 bits per heavy atom. The highest BCUT2D eigenvalue weighted by molar-refractivity contribution is 5.95. The van der Waals surface area contributed by atoms with Crippen molar-refractivity contribution in [1.82, 2.24) is 10.2 Å². The molecule has 5 nitrogen and oxygen atoms in total. The Balaban J connectivity index is 1.90. The average Bonchev–Trinajstić information content (AvgIpc) is 2.67. The minimum absolute atomic E-state index is 0.0719. The van der Waals surface area contributed by atoms with Gasteiger partial charge in [-0.05, 0) is 36.8 Å². The largest absolute Gasteiger partial charge is 0.497 e. The summed E-state index contributed by atoms with van der Waals surface area (Å²) in [6.45, 7) is 4.39. The quantitative estimate of drug-likeness (QED) is 0.930. The number of hydrogen-bond donors (Lipinski definition) is 1. The Bertz CT molecular complexity index is 760. The number of nitrogens with one attached hydrogen (secondary N) is 1. The number of amides is 1. The van der Waals surface area contributed by atoms with Crippen molar-refractivity contribution in [1.29, 1.82) is 0 Å². The summed E-state index contributed by atoms with van der Waals surface area (Å²) >= 11 is 0. The van der Waals surface area contributed by atoms with Gasteiger partial charge in [0.25, 0.3) is 5.91 Å². The van der Waals surface area contributed by atoms with Crippen LogP contribution < -0.4 is 14.8 Å². The third-order valence-electron chi connectivity index (χ3n) is 4.49. The Morgan fingerprint density at radius 1 is 1.16 bits per heavy atom. The summed E-state index contributed by atoms with van der Waals surface area (Å²) in [6.07, 6.45) is 0. The minimum Gasteiger partial charge on any atom is -0.497 e. The summed E-state index contributed by atoms with van der Waals surface area (Å²) in [6, 6.07) is 13.7. The molecular weight excluding hydrogens is 316 g/mol. The smallest absolute Gasteiger partial charge is 0.253 e. The maximum atomic E-state index is 12.8. The summed E-state index contributed by atoms with van der Waals surface area (Å²) in [5, 5.41) is 3.36. The molecule has 1 aliphatic rings. The summed E-state index contributed by atoms with van der Waals surface area (Å²) in [7, 11) is 3.26. The van der Waals surface area contributed by atoms with E-state index in [1.165, 1.54) is 0 Å². The van der Waals surface area contributed by atoms with E-state index < -0.39 is 0 Å². The van der Waals surface area contributed by atoms with Crippen LogP contribution in [0.1, 0.15) is 17.3 Å². The molecule has 25 heavy (non-hydrogen) atoms. The second-order valence-corrected chi connectivity index (χ2v) is 6.25. The number of benzene rings is 2. The lowest BCUT2D eigenvalue weighted by Crippen LogP contribution is -2.51. The highest BCUT2D eigenvalue weighted by Crippen LogP contribution is 2.33. The summed E-state index contributed by atoms with van der Waals surface area (Å²) in [5.41, 5.74) is 2.59. The predicted molar refractivity (Wildman–Crippen MR) is 98.4 cm³/mol. The van der Waals surface area contributed by atoms with Gasteiger partial charge in [0, 0.05) is 42.9 Å². The SMILES string of the molecule is COc1ccc(-c2cccc(C(=O)N3CCN[C@H](C)C3)c2)c(OC)c1. The number of carbonyl (C=O) groups excluding carboxylic acids is 1. The van der Waals surface area contributed by atoms with Crippen LogP contribution in [-0.4, -0.2) is 50.7 Å². The van der Waals surface area contributed by atoms with E-state index in [9.17, 15) is 4.79 Å². The zero-order chi connectivity index (χ0) is 17.8. The normalized spacial score (nSPS) is 17.2. The predicted octanol–water partition coefficient (Wildman–Crippen LogP) is 2.80. The molecule has 3 rings (SSSR count). The van der Waals surface area contributed by atoms with Crippen molar-refractivity contribution in [2.45, 2.75) is 13.0 Å². The molecule has 0 spiro atoms. The van der Waals surface area contributed by atoms with Crippen LogP contribution in [-0.2, 0) is 0 Å². The van der Waals surface area contributed by atoms with Crippen molar-refractivity contribution in [3.05, 3.63) is 48.0 Å². The molecule has 1 amide bonds. The van der Waals surface area contributed by atoms with Crippen LogP contribution in [0.3, 0.4) is 0 Å². The number of methoxy groups -OCH3 is 2. The van der Waals surface area contributed by atoms with Gasteiger partial charge in [-0.1, -0.05) is 12.1 Å². The maximum Gasteiger partial charge on any atom is 0.253 e. The number of carbonyl (C=O) groups is 1. The van der Waals surface area contributed by atoms with E-state index in [4.69, 9.17) is 9.47 Å². The zero-order valence-corrected chi connectivity index (χ0v) is 14.9. The van der Waals surface area contributed by atoms with Gasteiger partial charge < -0.3 is 19.7 Å². The first-order valence-electron chi connectivity index (χ1n) is 8.47. The molecule has 0 aromatic heterocycles. The van der Waals surface area contributed by atoms with E-state index in [0.717, 1.165) is 42.3 Å². The Kier molecular flexibility index (Phi) is 5.24. The van der Waals surface area contributed by atoms with Crippen LogP contribution in [0, 0.1) is 0 Å². The second kappa shape index (κ2) is 7.57. The van der Waals surface area contributed by atoms with E-state index in [1.807, 2.05) is 47.4 Å². The number of nitrogens with zero attached hydrogens (tertiary/aromatic N) is 1. The van der Waals surface area contributed by atoms with Gasteiger partial charge in [-0.3, -0.25) is 4.79 Å². The highest BCUT2D eigenvalue weighted by atomic mass is 16.5. The van der Waals surface area contributed by atoms with Crippen molar-refractivity contribution in [3.8, 4) is 22.6 Å². The third-order valence-corrected chi connectivity index (χ3v) is 4.49. The summed E-state index contributed by atoms with van der Waals surface area (Å²) < 4.78 is 10.7. The molecule has 0 bridgehead atoms. The Labute approximate surface area is 148 Å². The lowest BCUT2D eigenvalue weighted by molar-refractivity contribution is 0.0709. The average molecular weight is 340 g/mol. The number of hydrogen-bond acceptors (Lipinski definition) is 4. The van der Waals surface area contributed by atoms with Gasteiger partial charge in [0.05, 0.1) is 14.2 Å². The standard InChI is InChI=1S/C20H24N2O3/c1-14-13-22(10-9-21-14)20(23)16-6-4-5-15(11-16)18-8-7-17(24-2)12-19(18)25-3/h4-8,11-12,14,21H,9-10,13H2,1-3H3/t14-/m1/s1. The van der Waals surface area contributed by atoms with E-state index in [1.54, 1.807) is 14.2 Å². The van der Waals surface area contributed by atoms with Crippen LogP contribution >= 0.6 is 0 Å². The number of ether oxygens (including phenoxy) is 2. The van der Waals surface area contributed by atoms with Crippen molar-refractivity contribution in [2.24, 2.45) is 0 Å². The van der Waals surface area contributed by atoms with Crippen LogP contribution in [0.5, 0.6) is 11.5 Å². The van der Waals surface area contributed by atoms with Gasteiger partial charge in [0.1, 0.15) is 11.5 Å². The van der Waals surface area contributed by atoms with E-state index >= 15 is 0 Å². The van der Waals surface area contributed by atoms with Crippen LogP contribution in [0.15, 0.2) is 42.5 Å². The van der Waals surface area contributed by atoms with Crippen molar-refractivity contribution in [3.63, 3.8) is 0 Å². The van der Waals surface area contributed by atoms with E-state index in [-0.39, 0.29) is 5.91 Å². The molecular formula is C20H24N2O3. The van der Waals surface area contributed by atoms with Gasteiger partial charge in [-0.2, -0.15) is 0 Å². The lowest BCUT2D eigenvalue weighted by Gasteiger charge is -2.32. The van der Waals surface area contributed by atoms with Crippen molar-refractivity contribution >= 4 is 5.91 Å². The zero-order valence-electron chi connectivity index (χ0n) is 14.9. The Hall–Kier alpha value is -2.53. The number of rotatable bonds is 4. The van der Waals surface area contributed by atoms with Gasteiger partial charge in [-0.25, -0.2) is 0 Å². The number of piperazine rings is 1. The Morgan fingerprint density at radius 2 is 2.00 bits per heavy atom. The van der Waals surface area contributed by atoms with Crippen LogP contribution in [0.25, 0.3) is 11.1 Å². The van der Waals surface area contributed by atoms with Crippen molar-refractivity contribution < 1.29 is 14.3 Å². The topological polar surface area (TPSA) is 50.8 Å².